The number of ether oxygens (including phenoxy) is 1. The Morgan fingerprint density at radius 1 is 1.30 bits per heavy atom. The monoisotopic (exact) mass is 389 g/mol. The number of non-ortho nitro benzene ring substituents is 1. The highest BCUT2D eigenvalue weighted by molar-refractivity contribution is 7.98. The van der Waals surface area contributed by atoms with E-state index in [0.717, 1.165) is 5.56 Å². The fraction of sp³-hybridized carbons (Fsp3) is 0.316. The number of nitrogens with zero attached hydrogens (tertiary/aromatic N) is 2. The molecule has 0 aliphatic rings. The zero-order chi connectivity index (χ0) is 20.0. The van der Waals surface area contributed by atoms with E-state index in [9.17, 15) is 14.9 Å². The normalized spacial score (nSPS) is 11.9. The second-order valence-corrected chi connectivity index (χ2v) is 6.95. The number of nitro benzene ring substituents is 1. The lowest BCUT2D eigenvalue weighted by Gasteiger charge is -2.24. The molecule has 0 saturated heterocycles. The van der Waals surface area contributed by atoms with Crippen molar-refractivity contribution in [1.29, 1.82) is 0 Å². The molecule has 0 aliphatic heterocycles. The Balaban J connectivity index is 2.04. The third-order valence-corrected chi connectivity index (χ3v) is 5.03. The van der Waals surface area contributed by atoms with Gasteiger partial charge in [-0.3, -0.25) is 19.8 Å². The van der Waals surface area contributed by atoms with E-state index in [4.69, 9.17) is 4.74 Å². The van der Waals surface area contributed by atoms with Gasteiger partial charge in [-0.15, -0.1) is 11.8 Å². The molecule has 0 heterocycles. The molecule has 8 heteroatoms. The van der Waals surface area contributed by atoms with E-state index in [-0.39, 0.29) is 17.3 Å². The number of carbonyl (C=O) groups is 1. The van der Waals surface area contributed by atoms with Gasteiger partial charge in [-0.05, 0) is 44.0 Å². The minimum Gasteiger partial charge on any atom is -0.494 e. The van der Waals surface area contributed by atoms with Gasteiger partial charge >= 0.3 is 0 Å². The number of likely N-dealkylation sites (N-methyl/N-ethyl adjacent to an activating group) is 1. The standard InChI is InChI=1S/C19H23N3O4S/c1-13(21(2)12-14-5-8-16(27-4)9-6-14)19(23)20-17-10-7-15(22(24)25)11-18(17)26-3/h5-11,13H,12H2,1-4H3,(H,20,23)/t13-/m0/s1. The molecule has 0 aliphatic carbocycles. The number of thioether (sulfide) groups is 1. The maximum Gasteiger partial charge on any atom is 0.273 e. The average Bonchev–Trinajstić information content (AvgIpc) is 2.67. The molecule has 0 unspecified atom stereocenters. The Bertz CT molecular complexity index is 811. The second kappa shape index (κ2) is 9.38. The molecule has 0 fully saturated rings. The number of rotatable bonds is 8. The van der Waals surface area contributed by atoms with Crippen molar-refractivity contribution in [3.63, 3.8) is 0 Å². The van der Waals surface area contributed by atoms with E-state index in [1.807, 2.05) is 37.3 Å². The zero-order valence-corrected chi connectivity index (χ0v) is 16.6. The van der Waals surface area contributed by atoms with Gasteiger partial charge in [0.1, 0.15) is 5.75 Å². The Labute approximate surface area is 162 Å². The van der Waals surface area contributed by atoms with E-state index in [2.05, 4.69) is 17.4 Å². The molecule has 7 nitrogen and oxygen atoms in total. The number of anilines is 1. The first-order valence-electron chi connectivity index (χ1n) is 8.32. The summed E-state index contributed by atoms with van der Waals surface area (Å²) in [7, 11) is 3.28. The first-order chi connectivity index (χ1) is 12.8. The summed E-state index contributed by atoms with van der Waals surface area (Å²) in [6.07, 6.45) is 2.03. The van der Waals surface area contributed by atoms with Crippen molar-refractivity contribution in [2.45, 2.75) is 24.4 Å². The van der Waals surface area contributed by atoms with E-state index >= 15 is 0 Å². The predicted molar refractivity (Wildman–Crippen MR) is 107 cm³/mol. The number of amides is 1. The van der Waals surface area contributed by atoms with Crippen LogP contribution in [0.2, 0.25) is 0 Å². The van der Waals surface area contributed by atoms with E-state index < -0.39 is 11.0 Å². The second-order valence-electron chi connectivity index (χ2n) is 6.07. The SMILES string of the molecule is COc1cc([N+](=O)[O-])ccc1NC(=O)[C@H](C)N(C)Cc1ccc(SC)cc1. The smallest absolute Gasteiger partial charge is 0.273 e. The minimum atomic E-state index is -0.507. The molecule has 144 valence electrons. The Morgan fingerprint density at radius 3 is 2.52 bits per heavy atom. The van der Waals surface area contributed by atoms with Gasteiger partial charge in [0, 0.05) is 17.5 Å². The summed E-state index contributed by atoms with van der Waals surface area (Å²) in [6, 6.07) is 11.9. The van der Waals surface area contributed by atoms with Crippen LogP contribution in [0.4, 0.5) is 11.4 Å². The first-order valence-corrected chi connectivity index (χ1v) is 9.54. The summed E-state index contributed by atoms with van der Waals surface area (Å²) >= 11 is 1.68. The van der Waals surface area contributed by atoms with Crippen molar-refractivity contribution < 1.29 is 14.5 Å². The van der Waals surface area contributed by atoms with E-state index in [1.54, 1.807) is 11.8 Å². The number of nitro groups is 1. The van der Waals surface area contributed by atoms with Crippen LogP contribution in [-0.4, -0.2) is 42.2 Å². The van der Waals surface area contributed by atoms with E-state index in [0.29, 0.717) is 12.2 Å². The highest BCUT2D eigenvalue weighted by atomic mass is 32.2. The minimum absolute atomic E-state index is 0.0938. The van der Waals surface area contributed by atoms with Gasteiger partial charge in [0.05, 0.1) is 29.8 Å². The summed E-state index contributed by atoms with van der Waals surface area (Å²) in [5.41, 5.74) is 1.42. The van der Waals surface area contributed by atoms with Crippen LogP contribution in [0.3, 0.4) is 0 Å². The molecular weight excluding hydrogens is 366 g/mol. The van der Waals surface area contributed by atoms with Crippen LogP contribution in [0.15, 0.2) is 47.4 Å². The summed E-state index contributed by atoms with van der Waals surface area (Å²) in [5, 5.41) is 13.6. The quantitative estimate of drug-likeness (QED) is 0.420. The molecule has 0 spiro atoms. The Morgan fingerprint density at radius 2 is 1.96 bits per heavy atom. The van der Waals surface area contributed by atoms with Gasteiger partial charge in [-0.1, -0.05) is 12.1 Å². The largest absolute Gasteiger partial charge is 0.494 e. The van der Waals surface area contributed by atoms with Crippen LogP contribution >= 0.6 is 11.8 Å². The fourth-order valence-corrected chi connectivity index (χ4v) is 2.90. The number of carbonyl (C=O) groups excluding carboxylic acids is 1. The van der Waals surface area contributed by atoms with Gasteiger partial charge in [0.2, 0.25) is 5.91 Å². The average molecular weight is 389 g/mol. The summed E-state index contributed by atoms with van der Waals surface area (Å²) in [5.74, 6) is 0.0328. The fourth-order valence-electron chi connectivity index (χ4n) is 2.49. The van der Waals surface area contributed by atoms with Gasteiger partial charge in [0.15, 0.2) is 0 Å². The van der Waals surface area contributed by atoms with Crippen molar-refractivity contribution in [2.75, 3.05) is 25.7 Å². The van der Waals surface area contributed by atoms with Gasteiger partial charge < -0.3 is 10.1 Å². The molecular formula is C19H23N3O4S. The van der Waals surface area contributed by atoms with Crippen molar-refractivity contribution in [2.24, 2.45) is 0 Å². The number of benzene rings is 2. The van der Waals surface area contributed by atoms with Crippen molar-refractivity contribution >= 4 is 29.0 Å². The lowest BCUT2D eigenvalue weighted by molar-refractivity contribution is -0.384. The third-order valence-electron chi connectivity index (χ3n) is 4.29. The summed E-state index contributed by atoms with van der Waals surface area (Å²) in [4.78, 5) is 26.1. The molecule has 1 atom stereocenters. The lowest BCUT2D eigenvalue weighted by atomic mass is 10.2. The van der Waals surface area contributed by atoms with Crippen LogP contribution < -0.4 is 10.1 Å². The Hall–Kier alpha value is -2.58. The molecule has 2 aromatic rings. The maximum atomic E-state index is 12.6. The number of nitrogens with one attached hydrogen (secondary N) is 1. The van der Waals surface area contributed by atoms with Gasteiger partial charge in [-0.25, -0.2) is 0 Å². The molecule has 27 heavy (non-hydrogen) atoms. The van der Waals surface area contributed by atoms with Crippen LogP contribution in [0.1, 0.15) is 12.5 Å². The first kappa shape index (κ1) is 20.7. The topological polar surface area (TPSA) is 84.7 Å². The predicted octanol–water partition coefficient (Wildman–Crippen LogP) is 3.78. The molecule has 2 rings (SSSR count). The zero-order valence-electron chi connectivity index (χ0n) is 15.8. The molecule has 0 radical (unpaired) electrons. The summed E-state index contributed by atoms with van der Waals surface area (Å²) < 4.78 is 5.16. The molecule has 1 amide bonds. The number of methoxy groups -OCH3 is 1. The van der Waals surface area contributed by atoms with E-state index in [1.165, 1.54) is 30.2 Å². The van der Waals surface area contributed by atoms with Crippen molar-refractivity contribution in [1.82, 2.24) is 4.90 Å². The molecule has 0 bridgehead atoms. The highest BCUT2D eigenvalue weighted by Gasteiger charge is 2.20. The third kappa shape index (κ3) is 5.45. The Kier molecular flexibility index (Phi) is 7.20. The van der Waals surface area contributed by atoms with Crippen LogP contribution in [0.5, 0.6) is 5.75 Å². The number of hydrogen-bond acceptors (Lipinski definition) is 6. The van der Waals surface area contributed by atoms with Crippen LogP contribution in [-0.2, 0) is 11.3 Å². The maximum absolute atomic E-state index is 12.6. The lowest BCUT2D eigenvalue weighted by Crippen LogP contribution is -2.39. The molecule has 0 saturated carbocycles. The van der Waals surface area contributed by atoms with Crippen molar-refractivity contribution in [3.8, 4) is 5.75 Å². The van der Waals surface area contributed by atoms with Crippen LogP contribution in [0, 0.1) is 10.1 Å². The van der Waals surface area contributed by atoms with Crippen LogP contribution in [0.25, 0.3) is 0 Å². The highest BCUT2D eigenvalue weighted by Crippen LogP contribution is 2.29. The summed E-state index contributed by atoms with van der Waals surface area (Å²) in [6.45, 7) is 2.43. The molecule has 1 N–H and O–H groups in total. The molecule has 0 aromatic heterocycles. The molecule has 2 aromatic carbocycles. The number of hydrogen-bond donors (Lipinski definition) is 1. The van der Waals surface area contributed by atoms with Crippen molar-refractivity contribution in [3.05, 3.63) is 58.1 Å². The van der Waals surface area contributed by atoms with Gasteiger partial charge in [-0.2, -0.15) is 0 Å². The van der Waals surface area contributed by atoms with Gasteiger partial charge in [0.25, 0.3) is 5.69 Å².